The molecule has 4 N–H and O–H groups in total. The first-order valence-corrected chi connectivity index (χ1v) is 5.08. The van der Waals surface area contributed by atoms with Crippen molar-refractivity contribution in [3.63, 3.8) is 0 Å². The summed E-state index contributed by atoms with van der Waals surface area (Å²) in [6.07, 6.45) is -1.27. The molecule has 2 saturated heterocycles. The molecule has 18 heavy (non-hydrogen) atoms. The third-order valence-corrected chi connectivity index (χ3v) is 2.50. The molecular weight excluding hydrogens is 246 g/mol. The van der Waals surface area contributed by atoms with E-state index in [9.17, 15) is 24.3 Å². The summed E-state index contributed by atoms with van der Waals surface area (Å²) in [5.74, 6) is -2.08. The molecule has 5 amide bonds. The summed E-state index contributed by atoms with van der Waals surface area (Å²) in [5.41, 5.74) is 0. The maximum atomic E-state index is 11.5. The van der Waals surface area contributed by atoms with Crippen molar-refractivity contribution in [1.29, 1.82) is 0 Å². The number of hydrogen-bond acceptors (Lipinski definition) is 5. The van der Waals surface area contributed by atoms with Crippen LogP contribution in [-0.4, -0.2) is 54.3 Å². The molecule has 2 heterocycles. The molecule has 0 aliphatic carbocycles. The Hall–Kier alpha value is -2.52. The van der Waals surface area contributed by atoms with Gasteiger partial charge in [-0.15, -0.1) is 0 Å². The van der Waals surface area contributed by atoms with Crippen LogP contribution in [0.2, 0.25) is 0 Å². The fourth-order valence-electron chi connectivity index (χ4n) is 1.75. The number of rotatable bonds is 4. The van der Waals surface area contributed by atoms with E-state index in [0.29, 0.717) is 0 Å². The van der Waals surface area contributed by atoms with Crippen molar-refractivity contribution in [1.82, 2.24) is 26.2 Å². The molecule has 2 aliphatic heterocycles. The molecule has 0 unspecified atom stereocenters. The van der Waals surface area contributed by atoms with Gasteiger partial charge in [0.2, 0.25) is 5.91 Å². The Labute approximate surface area is 101 Å². The quantitative estimate of drug-likeness (QED) is 0.403. The summed E-state index contributed by atoms with van der Waals surface area (Å²) in [6, 6.07) is -0.980. The van der Waals surface area contributed by atoms with E-state index in [1.165, 1.54) is 0 Å². The zero-order valence-electron chi connectivity index (χ0n) is 9.06. The van der Waals surface area contributed by atoms with E-state index >= 15 is 0 Å². The van der Waals surface area contributed by atoms with Crippen LogP contribution in [0.4, 0.5) is 9.59 Å². The number of amides is 5. The van der Waals surface area contributed by atoms with E-state index in [4.69, 9.17) is 0 Å². The molecule has 0 saturated carbocycles. The van der Waals surface area contributed by atoms with E-state index in [1.807, 2.05) is 0 Å². The van der Waals surface area contributed by atoms with Crippen molar-refractivity contribution < 1.29 is 24.3 Å². The number of nitrogens with zero attached hydrogens (tertiary/aromatic N) is 1. The van der Waals surface area contributed by atoms with Gasteiger partial charge in [0, 0.05) is 0 Å². The Kier molecular flexibility index (Phi) is 2.92. The highest BCUT2D eigenvalue weighted by Gasteiger charge is 2.45. The number of urea groups is 2. The van der Waals surface area contributed by atoms with Crippen molar-refractivity contribution in [3.8, 4) is 0 Å². The number of carbonyl (C=O) groups is 4. The van der Waals surface area contributed by atoms with E-state index < -0.39 is 42.8 Å². The molecular formula is C8H10N5O5-. The average molecular weight is 256 g/mol. The lowest BCUT2D eigenvalue weighted by Crippen LogP contribution is -2.49. The molecule has 0 aromatic rings. The number of aliphatic carboxylic acids is 1. The predicted octanol–water partition coefficient (Wildman–Crippen LogP) is -4.16. The second kappa shape index (κ2) is 4.39. The minimum Gasteiger partial charge on any atom is -0.548 e. The second-order valence-electron chi connectivity index (χ2n) is 3.77. The molecule has 0 aromatic heterocycles. The first-order chi connectivity index (χ1) is 8.47. The molecule has 98 valence electrons. The van der Waals surface area contributed by atoms with Crippen molar-refractivity contribution in [2.75, 3.05) is 13.1 Å². The van der Waals surface area contributed by atoms with Crippen LogP contribution in [0.3, 0.4) is 0 Å². The van der Waals surface area contributed by atoms with Crippen molar-refractivity contribution in [2.24, 2.45) is 0 Å². The van der Waals surface area contributed by atoms with Gasteiger partial charge in [-0.25, -0.2) is 9.59 Å². The van der Waals surface area contributed by atoms with Gasteiger partial charge >= 0.3 is 12.1 Å². The second-order valence-corrected chi connectivity index (χ2v) is 3.77. The Balaban J connectivity index is 1.92. The van der Waals surface area contributed by atoms with Crippen LogP contribution in [0.1, 0.15) is 0 Å². The summed E-state index contributed by atoms with van der Waals surface area (Å²) in [6.45, 7) is -0.991. The van der Waals surface area contributed by atoms with Crippen molar-refractivity contribution >= 4 is 23.9 Å². The third-order valence-electron chi connectivity index (χ3n) is 2.50. The monoisotopic (exact) mass is 256 g/mol. The molecule has 0 aromatic carbocycles. The molecule has 2 atom stereocenters. The molecule has 0 bridgehead atoms. The van der Waals surface area contributed by atoms with Crippen LogP contribution in [0, 0.1) is 0 Å². The van der Waals surface area contributed by atoms with E-state index in [2.05, 4.69) is 21.3 Å². The molecule has 2 fully saturated rings. The molecule has 2 aliphatic rings. The van der Waals surface area contributed by atoms with Gasteiger partial charge in [0.05, 0.1) is 12.5 Å². The van der Waals surface area contributed by atoms with Gasteiger partial charge in [-0.3, -0.25) is 9.69 Å². The Bertz CT molecular complexity index is 424. The fourth-order valence-corrected chi connectivity index (χ4v) is 1.75. The van der Waals surface area contributed by atoms with Crippen LogP contribution in [0.5, 0.6) is 0 Å². The SMILES string of the molecule is O=C([O-])CNC(=O)CN1C(=O)N[C@H]2NC(=O)N[C@@H]21. The van der Waals surface area contributed by atoms with Gasteiger partial charge in [-0.2, -0.15) is 0 Å². The smallest absolute Gasteiger partial charge is 0.321 e. The highest BCUT2D eigenvalue weighted by atomic mass is 16.4. The summed E-state index contributed by atoms with van der Waals surface area (Å²) in [4.78, 5) is 45.1. The number of carboxylic acids is 1. The third kappa shape index (κ3) is 2.26. The maximum absolute atomic E-state index is 11.5. The molecule has 0 radical (unpaired) electrons. The standard InChI is InChI=1S/C8H11N5O5/c14-3(9-1-4(15)16)2-13-6-5(11-8(13)18)10-7(17)12-6/h5-6H,1-2H2,(H,9,14)(H,11,18)(H,15,16)(H2,10,12,17)/p-1/t5-,6-/m1/s1. The van der Waals surface area contributed by atoms with E-state index in [-0.39, 0.29) is 6.54 Å². The summed E-state index contributed by atoms with van der Waals surface area (Å²) in [7, 11) is 0. The van der Waals surface area contributed by atoms with Crippen LogP contribution in [-0.2, 0) is 9.59 Å². The normalized spacial score (nSPS) is 25.0. The van der Waals surface area contributed by atoms with Crippen LogP contribution in [0.15, 0.2) is 0 Å². The largest absolute Gasteiger partial charge is 0.548 e. The first-order valence-electron chi connectivity index (χ1n) is 5.08. The number of carboxylic acid groups (broad SMARTS) is 1. The zero-order valence-corrected chi connectivity index (χ0v) is 9.06. The zero-order chi connectivity index (χ0) is 13.3. The first kappa shape index (κ1) is 12.0. The predicted molar refractivity (Wildman–Crippen MR) is 52.5 cm³/mol. The van der Waals surface area contributed by atoms with Gasteiger partial charge in [0.25, 0.3) is 0 Å². The van der Waals surface area contributed by atoms with Crippen LogP contribution < -0.4 is 26.4 Å². The highest BCUT2D eigenvalue weighted by molar-refractivity contribution is 5.89. The van der Waals surface area contributed by atoms with Gasteiger partial charge in [0.15, 0.2) is 0 Å². The van der Waals surface area contributed by atoms with Crippen molar-refractivity contribution in [2.45, 2.75) is 12.3 Å². The summed E-state index contributed by atoms with van der Waals surface area (Å²) < 4.78 is 0. The Morgan fingerprint density at radius 1 is 1.28 bits per heavy atom. The number of nitrogens with one attached hydrogen (secondary N) is 4. The lowest BCUT2D eigenvalue weighted by atomic mass is 10.4. The minimum atomic E-state index is -1.43. The Morgan fingerprint density at radius 3 is 2.67 bits per heavy atom. The topological polar surface area (TPSA) is 143 Å². The van der Waals surface area contributed by atoms with Crippen LogP contribution in [0.25, 0.3) is 0 Å². The van der Waals surface area contributed by atoms with Gasteiger partial charge < -0.3 is 31.2 Å². The van der Waals surface area contributed by atoms with Gasteiger partial charge in [-0.05, 0) is 0 Å². The molecule has 2 rings (SSSR count). The minimum absolute atomic E-state index is 0.359. The van der Waals surface area contributed by atoms with Gasteiger partial charge in [0.1, 0.15) is 18.9 Å². The lowest BCUT2D eigenvalue weighted by Gasteiger charge is -2.20. The van der Waals surface area contributed by atoms with Crippen molar-refractivity contribution in [3.05, 3.63) is 0 Å². The highest BCUT2D eigenvalue weighted by Crippen LogP contribution is 2.12. The van der Waals surface area contributed by atoms with Crippen LogP contribution >= 0.6 is 0 Å². The van der Waals surface area contributed by atoms with E-state index in [1.54, 1.807) is 0 Å². The molecule has 10 nitrogen and oxygen atoms in total. The lowest BCUT2D eigenvalue weighted by molar-refractivity contribution is -0.304. The molecule has 10 heteroatoms. The fraction of sp³-hybridized carbons (Fsp3) is 0.500. The van der Waals surface area contributed by atoms with Gasteiger partial charge in [-0.1, -0.05) is 0 Å². The maximum Gasteiger partial charge on any atom is 0.321 e. The molecule has 0 spiro atoms. The summed E-state index contributed by atoms with van der Waals surface area (Å²) >= 11 is 0. The number of fused-ring (bicyclic) bond motifs is 1. The van der Waals surface area contributed by atoms with E-state index in [0.717, 1.165) is 4.90 Å². The number of carbonyl (C=O) groups excluding carboxylic acids is 4. The Morgan fingerprint density at radius 2 is 2.00 bits per heavy atom. The number of hydrogen-bond donors (Lipinski definition) is 4. The average Bonchev–Trinajstić information content (AvgIpc) is 2.74. The summed E-state index contributed by atoms with van der Waals surface area (Å²) in [5, 5.41) is 19.6.